The van der Waals surface area contributed by atoms with Gasteiger partial charge < -0.3 is 0 Å². The molecule has 0 atom stereocenters. The Morgan fingerprint density at radius 2 is 0.511 bits per heavy atom. The first kappa shape index (κ1) is 86.7. The fraction of sp³-hybridized carbons (Fsp3) is 0.783. The summed E-state index contributed by atoms with van der Waals surface area (Å²) in [4.78, 5) is 11.3. The Labute approximate surface area is 589 Å². The van der Waals surface area contributed by atoms with Gasteiger partial charge in [-0.05, 0) is 80.7 Å². The molecule has 0 heterocycles. The topological polar surface area (TPSA) is 24.7 Å². The van der Waals surface area contributed by atoms with Crippen LogP contribution in [0.1, 0.15) is 463 Å². The lowest BCUT2D eigenvalue weighted by atomic mass is 10.0. The second-order valence-corrected chi connectivity index (χ2v) is 29.3. The van der Waals surface area contributed by atoms with E-state index in [1.54, 1.807) is 0 Å². The highest BCUT2D eigenvalue weighted by atomic mass is 14.8. The van der Waals surface area contributed by atoms with Crippen LogP contribution in [0.15, 0.2) is 70.7 Å². The smallest absolute Gasteiger partial charge is 0.0848 e. The van der Waals surface area contributed by atoms with E-state index in [2.05, 4.69) is 112 Å². The zero-order valence-electron chi connectivity index (χ0n) is 63.8. The molecule has 2 aromatic rings. The van der Waals surface area contributed by atoms with E-state index >= 15 is 0 Å². The largest absolute Gasteiger partial charge is 0.251 e. The first-order valence-corrected chi connectivity index (χ1v) is 42.6. The van der Waals surface area contributed by atoms with Gasteiger partial charge in [-0.15, -0.1) is 23.7 Å². The molecule has 2 nitrogen and oxygen atoms in total. The molecule has 0 unspecified atom stereocenters. The highest BCUT2D eigenvalue weighted by Crippen LogP contribution is 2.27. The fourth-order valence-corrected chi connectivity index (χ4v) is 13.8. The van der Waals surface area contributed by atoms with Crippen molar-refractivity contribution in [2.24, 2.45) is 9.98 Å². The maximum absolute atomic E-state index is 5.68. The predicted molar refractivity (Wildman–Crippen MR) is 427 cm³/mol. The highest BCUT2D eigenvalue weighted by Gasteiger charge is 2.12. The van der Waals surface area contributed by atoms with Crippen LogP contribution in [0.2, 0.25) is 0 Å². The quantitative estimate of drug-likeness (QED) is 0.0358. The lowest BCUT2D eigenvalue weighted by Gasteiger charge is -2.12. The average molecular weight is 1290 g/mol. The Kier molecular flexibility index (Phi) is 66.8. The summed E-state index contributed by atoms with van der Waals surface area (Å²) in [5, 5.41) is 0. The third-order valence-corrected chi connectivity index (χ3v) is 20.1. The summed E-state index contributed by atoms with van der Waals surface area (Å²) in [5.74, 6) is 14.2. The summed E-state index contributed by atoms with van der Waals surface area (Å²) in [6, 6.07) is 17.8. The number of benzene rings is 2. The van der Waals surface area contributed by atoms with Gasteiger partial charge >= 0.3 is 0 Å². The van der Waals surface area contributed by atoms with Gasteiger partial charge in [-0.25, -0.2) is 4.99 Å². The third-order valence-electron chi connectivity index (χ3n) is 20.1. The van der Waals surface area contributed by atoms with Gasteiger partial charge in [0.25, 0.3) is 0 Å². The van der Waals surface area contributed by atoms with Crippen molar-refractivity contribution >= 4 is 22.8 Å². The standard InChI is InChI=1S/C92H158N2/c1-5-9-13-17-21-25-29-31-33-35-37-39-41-42-43-44-45-46-48-50-52-54-56-58-62-66-70-74-86-92(94-90-84-78-76-82-88(90)80-72-68-64-60-28-24-20-16-12-8-4)91(93-89-83-77-75-81-87(89)79-71-67-63-59-27-23-19-15-11-7-3)85-73-69-65-61-57-55-53-51-49-47-40-38-36-34-32-30-26-22-18-14-10-6-2/h73,75-78,81-85H,5-62,65-66,69-72,74,79-80,86H2,1-4H3/b85-73+,93-91?,94-92?. The molecule has 2 heteroatoms. The van der Waals surface area contributed by atoms with Crippen LogP contribution < -0.4 is 0 Å². The van der Waals surface area contributed by atoms with Crippen LogP contribution in [0.4, 0.5) is 11.4 Å². The van der Waals surface area contributed by atoms with E-state index < -0.39 is 0 Å². The van der Waals surface area contributed by atoms with Crippen molar-refractivity contribution in [1.29, 1.82) is 0 Å². The molecule has 94 heavy (non-hydrogen) atoms. The van der Waals surface area contributed by atoms with Crippen LogP contribution in [0.3, 0.4) is 0 Å². The van der Waals surface area contributed by atoms with Gasteiger partial charge in [0.1, 0.15) is 0 Å². The number of aryl methyl sites for hydroxylation is 2. The maximum Gasteiger partial charge on any atom is 0.0848 e. The van der Waals surface area contributed by atoms with Crippen molar-refractivity contribution < 1.29 is 0 Å². The lowest BCUT2D eigenvalue weighted by molar-refractivity contribution is 0.514. The molecule has 0 aliphatic rings. The molecular weight excluding hydrogens is 1130 g/mol. The van der Waals surface area contributed by atoms with Crippen molar-refractivity contribution in [3.05, 3.63) is 71.8 Å². The maximum atomic E-state index is 5.68. The fourth-order valence-electron chi connectivity index (χ4n) is 13.8. The molecule has 0 aliphatic carbocycles. The summed E-state index contributed by atoms with van der Waals surface area (Å²) in [7, 11) is 0. The van der Waals surface area contributed by atoms with Gasteiger partial charge in [0.05, 0.1) is 22.8 Å². The van der Waals surface area contributed by atoms with E-state index in [0.29, 0.717) is 0 Å². The van der Waals surface area contributed by atoms with E-state index in [0.717, 1.165) is 80.6 Å². The minimum absolute atomic E-state index is 0.878. The number of allylic oxidation sites excluding steroid dienone is 2. The molecule has 0 amide bonds. The zero-order chi connectivity index (χ0) is 66.9. The van der Waals surface area contributed by atoms with Crippen molar-refractivity contribution in [2.75, 3.05) is 0 Å². The second kappa shape index (κ2) is 72.4. The molecule has 0 aromatic heterocycles. The summed E-state index contributed by atoms with van der Waals surface area (Å²) in [6.07, 6.45) is 96.5. The van der Waals surface area contributed by atoms with E-state index in [1.165, 1.54) is 390 Å². The zero-order valence-corrected chi connectivity index (χ0v) is 63.8. The minimum Gasteiger partial charge on any atom is -0.251 e. The van der Waals surface area contributed by atoms with Gasteiger partial charge in [0, 0.05) is 25.7 Å². The summed E-state index contributed by atoms with van der Waals surface area (Å²) >= 11 is 0. The molecule has 0 aliphatic heterocycles. The number of aliphatic imine (C=N–C) groups is 2. The molecule has 0 spiro atoms. The molecule has 0 radical (unpaired) electrons. The normalized spacial score (nSPS) is 11.9. The second-order valence-electron chi connectivity index (χ2n) is 29.3. The van der Waals surface area contributed by atoms with E-state index in [1.807, 2.05) is 0 Å². The number of hydrogen-bond donors (Lipinski definition) is 0. The number of hydrogen-bond acceptors (Lipinski definition) is 2. The van der Waals surface area contributed by atoms with Crippen LogP contribution in [-0.2, 0) is 12.8 Å². The van der Waals surface area contributed by atoms with Crippen molar-refractivity contribution in [1.82, 2.24) is 0 Å². The molecule has 0 saturated heterocycles. The Bertz CT molecular complexity index is 2110. The highest BCUT2D eigenvalue weighted by molar-refractivity contribution is 6.47. The average Bonchev–Trinajstić information content (AvgIpc) is 1.05. The monoisotopic (exact) mass is 1290 g/mol. The van der Waals surface area contributed by atoms with Gasteiger partial charge in [0.2, 0.25) is 0 Å². The molecule has 2 rings (SSSR count). The predicted octanol–water partition coefficient (Wildman–Crippen LogP) is 32.0. The molecule has 0 fully saturated rings. The molecular formula is C92H158N2. The number of nitrogens with zero attached hydrogens (tertiary/aromatic N) is 2. The van der Waals surface area contributed by atoms with Gasteiger partial charge in [0.15, 0.2) is 0 Å². The molecule has 0 saturated carbocycles. The van der Waals surface area contributed by atoms with Crippen molar-refractivity contribution in [3.63, 3.8) is 0 Å². The Morgan fingerprint density at radius 3 is 0.819 bits per heavy atom. The Morgan fingerprint density at radius 1 is 0.266 bits per heavy atom. The van der Waals surface area contributed by atoms with E-state index in [-0.39, 0.29) is 0 Å². The number of para-hydroxylation sites is 2. The Balaban J connectivity index is 2.01. The lowest BCUT2D eigenvalue weighted by Crippen LogP contribution is -2.12. The van der Waals surface area contributed by atoms with Gasteiger partial charge in [-0.2, -0.15) is 0 Å². The van der Waals surface area contributed by atoms with Crippen molar-refractivity contribution in [3.8, 4) is 23.7 Å². The summed E-state index contributed by atoms with van der Waals surface area (Å²) in [6.45, 7) is 9.23. The molecule has 0 N–H and O–H groups in total. The van der Waals surface area contributed by atoms with Crippen LogP contribution >= 0.6 is 0 Å². The molecule has 2 aromatic carbocycles. The first-order valence-electron chi connectivity index (χ1n) is 42.6. The van der Waals surface area contributed by atoms with Crippen LogP contribution in [0.5, 0.6) is 0 Å². The van der Waals surface area contributed by atoms with Crippen LogP contribution in [0.25, 0.3) is 0 Å². The van der Waals surface area contributed by atoms with Gasteiger partial charge in [-0.3, -0.25) is 4.99 Å². The molecule has 0 bridgehead atoms. The Hall–Kier alpha value is -3.36. The van der Waals surface area contributed by atoms with Crippen LogP contribution in [-0.4, -0.2) is 11.4 Å². The summed E-state index contributed by atoms with van der Waals surface area (Å²) < 4.78 is 0. The van der Waals surface area contributed by atoms with Crippen molar-refractivity contribution in [2.45, 2.75) is 464 Å². The SMILES string of the molecule is CCCCCCCCC#CCCc1ccccc1N=C(/C=C/CCCCCCCCCCCCCCCCCCCCCC)C(CCCCCCCCCCCCCCCCCCCCCCCCCCCCCC)=Nc1ccccc1CCC#CCCCCCCCC. The summed E-state index contributed by atoms with van der Waals surface area (Å²) in [5.41, 5.74) is 6.96. The number of rotatable bonds is 70. The van der Waals surface area contributed by atoms with Crippen LogP contribution in [0, 0.1) is 23.7 Å². The molecule has 536 valence electrons. The van der Waals surface area contributed by atoms with E-state index in [9.17, 15) is 0 Å². The number of unbranched alkanes of at least 4 members (excludes halogenated alkanes) is 59. The first-order chi connectivity index (χ1) is 46.7. The third kappa shape index (κ3) is 57.7. The van der Waals surface area contributed by atoms with Gasteiger partial charge in [-0.1, -0.05) is 430 Å². The van der Waals surface area contributed by atoms with E-state index in [4.69, 9.17) is 9.98 Å². The minimum atomic E-state index is 0.878.